The second-order valence-electron chi connectivity index (χ2n) is 3.33. The van der Waals surface area contributed by atoms with Crippen molar-refractivity contribution in [3.63, 3.8) is 0 Å². The number of esters is 1. The molecule has 0 spiro atoms. The largest absolute Gasteiger partial charge is 0.466 e. The van der Waals surface area contributed by atoms with Crippen LogP contribution in [0.15, 0.2) is 30.3 Å². The van der Waals surface area contributed by atoms with Crippen LogP contribution < -0.4 is 0 Å². The summed E-state index contributed by atoms with van der Waals surface area (Å²) in [5.74, 6) is -0.374. The summed E-state index contributed by atoms with van der Waals surface area (Å²) in [4.78, 5) is 10.9. The van der Waals surface area contributed by atoms with Crippen LogP contribution in [0.2, 0.25) is 0 Å². The van der Waals surface area contributed by atoms with Crippen LogP contribution >= 0.6 is 0 Å². The predicted octanol–water partition coefficient (Wildman–Crippen LogP) is 2.16. The lowest BCUT2D eigenvalue weighted by Gasteiger charge is -2.13. The average molecular weight is 236 g/mol. The number of carbonyl (C=O) groups is 1. The third-order valence-electron chi connectivity index (χ3n) is 2.25. The Morgan fingerprint density at radius 3 is 2.18 bits per heavy atom. The summed E-state index contributed by atoms with van der Waals surface area (Å²) in [6.07, 6.45) is 2.69. The van der Waals surface area contributed by atoms with Crippen LogP contribution in [0, 0.1) is 0 Å². The van der Waals surface area contributed by atoms with Gasteiger partial charge in [-0.3, -0.25) is 0 Å². The topological polar surface area (TPSA) is 44.8 Å². The molecule has 0 aliphatic rings. The van der Waals surface area contributed by atoms with Gasteiger partial charge in [0.25, 0.3) is 0 Å². The summed E-state index contributed by atoms with van der Waals surface area (Å²) in [5, 5.41) is 0. The van der Waals surface area contributed by atoms with Crippen molar-refractivity contribution in [1.82, 2.24) is 0 Å². The Morgan fingerprint density at radius 2 is 1.71 bits per heavy atom. The second kappa shape index (κ2) is 6.83. The zero-order valence-corrected chi connectivity index (χ0v) is 10.2. The number of methoxy groups -OCH3 is 3. The van der Waals surface area contributed by atoms with Crippen LogP contribution in [0.1, 0.15) is 17.4 Å². The number of rotatable bonds is 5. The average Bonchev–Trinajstić information content (AvgIpc) is 2.38. The Bertz CT molecular complexity index is 377. The zero-order valence-electron chi connectivity index (χ0n) is 10.2. The van der Waals surface area contributed by atoms with Crippen LogP contribution in [-0.2, 0) is 19.0 Å². The van der Waals surface area contributed by atoms with Crippen LogP contribution in [0.4, 0.5) is 0 Å². The smallest absolute Gasteiger partial charge is 0.330 e. The second-order valence-corrected chi connectivity index (χ2v) is 3.33. The molecular weight excluding hydrogens is 220 g/mol. The van der Waals surface area contributed by atoms with Crippen LogP contribution in [-0.4, -0.2) is 27.3 Å². The van der Waals surface area contributed by atoms with E-state index in [0.717, 1.165) is 11.1 Å². The molecule has 17 heavy (non-hydrogen) atoms. The van der Waals surface area contributed by atoms with Gasteiger partial charge in [-0.05, 0) is 11.6 Å². The molecule has 0 heterocycles. The molecule has 0 atom stereocenters. The Labute approximate surface area is 101 Å². The Kier molecular flexibility index (Phi) is 5.39. The molecule has 0 saturated heterocycles. The Hall–Kier alpha value is -1.65. The van der Waals surface area contributed by atoms with Crippen molar-refractivity contribution >= 4 is 12.0 Å². The molecule has 0 radical (unpaired) electrons. The van der Waals surface area contributed by atoms with E-state index in [4.69, 9.17) is 9.47 Å². The van der Waals surface area contributed by atoms with Gasteiger partial charge in [-0.15, -0.1) is 0 Å². The Morgan fingerprint density at radius 1 is 1.12 bits per heavy atom. The first-order valence-electron chi connectivity index (χ1n) is 5.13. The summed E-state index contributed by atoms with van der Waals surface area (Å²) in [5.41, 5.74) is 1.83. The van der Waals surface area contributed by atoms with Gasteiger partial charge in [-0.25, -0.2) is 4.79 Å². The van der Waals surface area contributed by atoms with Gasteiger partial charge in [0.2, 0.25) is 0 Å². The van der Waals surface area contributed by atoms with Gasteiger partial charge in [-0.2, -0.15) is 0 Å². The molecule has 0 aromatic heterocycles. The summed E-state index contributed by atoms with van der Waals surface area (Å²) >= 11 is 0. The molecule has 4 nitrogen and oxygen atoms in total. The lowest BCUT2D eigenvalue weighted by molar-refractivity contribution is -0.134. The van der Waals surface area contributed by atoms with E-state index < -0.39 is 0 Å². The maximum absolute atomic E-state index is 10.9. The van der Waals surface area contributed by atoms with Crippen molar-refractivity contribution in [2.45, 2.75) is 6.29 Å². The number of benzene rings is 1. The third-order valence-corrected chi connectivity index (χ3v) is 2.25. The van der Waals surface area contributed by atoms with Gasteiger partial charge in [0.05, 0.1) is 7.11 Å². The molecule has 0 aliphatic heterocycles. The highest BCUT2D eigenvalue weighted by Gasteiger charge is 2.07. The third kappa shape index (κ3) is 4.01. The first kappa shape index (κ1) is 13.4. The van der Waals surface area contributed by atoms with E-state index in [1.165, 1.54) is 13.2 Å². The van der Waals surface area contributed by atoms with Crippen molar-refractivity contribution in [1.29, 1.82) is 0 Å². The number of hydrogen-bond acceptors (Lipinski definition) is 4. The highest BCUT2D eigenvalue weighted by Crippen LogP contribution is 2.17. The van der Waals surface area contributed by atoms with E-state index in [0.29, 0.717) is 0 Å². The quantitative estimate of drug-likeness (QED) is 0.446. The molecule has 92 valence electrons. The molecule has 0 saturated carbocycles. The highest BCUT2D eigenvalue weighted by molar-refractivity contribution is 5.86. The van der Waals surface area contributed by atoms with Crippen molar-refractivity contribution in [2.24, 2.45) is 0 Å². The first-order chi connectivity index (χ1) is 8.21. The summed E-state index contributed by atoms with van der Waals surface area (Å²) in [6.45, 7) is 0. The van der Waals surface area contributed by atoms with Gasteiger partial charge in [0, 0.05) is 25.9 Å². The first-order valence-corrected chi connectivity index (χ1v) is 5.13. The van der Waals surface area contributed by atoms with Crippen LogP contribution in [0.5, 0.6) is 0 Å². The zero-order chi connectivity index (χ0) is 12.7. The lowest BCUT2D eigenvalue weighted by atomic mass is 10.1. The van der Waals surface area contributed by atoms with Gasteiger partial charge < -0.3 is 14.2 Å². The minimum absolute atomic E-state index is 0.367. The highest BCUT2D eigenvalue weighted by atomic mass is 16.7. The van der Waals surface area contributed by atoms with Gasteiger partial charge in [0.15, 0.2) is 6.29 Å². The van der Waals surface area contributed by atoms with Gasteiger partial charge in [0.1, 0.15) is 0 Å². The minimum atomic E-state index is -0.374. The fourth-order valence-electron chi connectivity index (χ4n) is 1.36. The lowest BCUT2D eigenvalue weighted by Crippen LogP contribution is -2.03. The standard InChI is InChI=1S/C13H16O4/c1-15-12(14)9-6-10-4-7-11(8-5-10)13(16-2)17-3/h4-9,13H,1-3H3. The van der Waals surface area contributed by atoms with Gasteiger partial charge >= 0.3 is 5.97 Å². The van der Waals surface area contributed by atoms with Crippen molar-refractivity contribution in [3.05, 3.63) is 41.5 Å². The van der Waals surface area contributed by atoms with Gasteiger partial charge in [-0.1, -0.05) is 24.3 Å². The van der Waals surface area contributed by atoms with Crippen molar-refractivity contribution in [3.8, 4) is 0 Å². The minimum Gasteiger partial charge on any atom is -0.466 e. The predicted molar refractivity (Wildman–Crippen MR) is 64.3 cm³/mol. The normalized spacial score (nSPS) is 11.1. The van der Waals surface area contributed by atoms with Crippen LogP contribution in [0.25, 0.3) is 6.08 Å². The fourth-order valence-corrected chi connectivity index (χ4v) is 1.36. The maximum atomic E-state index is 10.9. The molecule has 0 amide bonds. The molecule has 1 aromatic rings. The molecule has 1 rings (SSSR count). The molecule has 0 fully saturated rings. The van der Waals surface area contributed by atoms with Crippen molar-refractivity contribution in [2.75, 3.05) is 21.3 Å². The van der Waals surface area contributed by atoms with E-state index in [2.05, 4.69) is 4.74 Å². The molecule has 0 N–H and O–H groups in total. The molecule has 4 heteroatoms. The van der Waals surface area contributed by atoms with E-state index >= 15 is 0 Å². The molecule has 0 unspecified atom stereocenters. The fraction of sp³-hybridized carbons (Fsp3) is 0.308. The molecule has 1 aromatic carbocycles. The summed E-state index contributed by atoms with van der Waals surface area (Å²) in [6, 6.07) is 7.52. The SMILES string of the molecule is COC(=O)C=Cc1ccc(C(OC)OC)cc1. The molecule has 0 bridgehead atoms. The monoisotopic (exact) mass is 236 g/mol. The summed E-state index contributed by atoms with van der Waals surface area (Å²) < 4.78 is 14.8. The Balaban J connectivity index is 2.74. The number of carbonyl (C=O) groups excluding carboxylic acids is 1. The van der Waals surface area contributed by atoms with E-state index in [9.17, 15) is 4.79 Å². The van der Waals surface area contributed by atoms with E-state index in [-0.39, 0.29) is 12.3 Å². The van der Waals surface area contributed by atoms with E-state index in [1.54, 1.807) is 20.3 Å². The number of ether oxygens (including phenoxy) is 3. The van der Waals surface area contributed by atoms with Crippen molar-refractivity contribution < 1.29 is 19.0 Å². The molecular formula is C13H16O4. The van der Waals surface area contributed by atoms with Crippen LogP contribution in [0.3, 0.4) is 0 Å². The maximum Gasteiger partial charge on any atom is 0.330 e. The van der Waals surface area contributed by atoms with E-state index in [1.807, 2.05) is 24.3 Å². The molecule has 0 aliphatic carbocycles. The summed E-state index contributed by atoms with van der Waals surface area (Å²) in [7, 11) is 4.51. The number of hydrogen-bond donors (Lipinski definition) is 0.